The molecule has 0 radical (unpaired) electrons. The quantitative estimate of drug-likeness (QED) is 0.181. The Bertz CT molecular complexity index is 1090. The molecule has 0 unspecified atom stereocenters. The molecule has 42 heavy (non-hydrogen) atoms. The van der Waals surface area contributed by atoms with Crippen LogP contribution in [0.5, 0.6) is 0 Å². The van der Waals surface area contributed by atoms with Crippen LogP contribution >= 0.6 is 0 Å². The molecule has 3 N–H and O–H groups in total. The van der Waals surface area contributed by atoms with Gasteiger partial charge in [-0.15, -0.1) is 0 Å². The number of nitrogens with two attached hydrogens (primary N) is 1. The average Bonchev–Trinajstić information content (AvgIpc) is 3.58. The van der Waals surface area contributed by atoms with Crippen molar-refractivity contribution in [1.82, 2.24) is 10.2 Å². The van der Waals surface area contributed by atoms with E-state index in [1.54, 1.807) is 27.7 Å². The molecular weight excluding hydrogens is 542 g/mol. The van der Waals surface area contributed by atoms with Gasteiger partial charge in [0, 0.05) is 19.6 Å². The minimum atomic E-state index is -0.939. The molecule has 1 aromatic carbocycles. The molecule has 1 saturated carbocycles. The van der Waals surface area contributed by atoms with Crippen molar-refractivity contribution in [3.8, 4) is 0 Å². The summed E-state index contributed by atoms with van der Waals surface area (Å²) in [5, 5.41) is 2.67. The predicted octanol–water partition coefficient (Wildman–Crippen LogP) is 3.10. The Kier molecular flexibility index (Phi) is 12.4. The van der Waals surface area contributed by atoms with Crippen molar-refractivity contribution in [3.05, 3.63) is 48.0 Å². The second-order valence-corrected chi connectivity index (χ2v) is 11.7. The Hall–Kier alpha value is -3.44. The summed E-state index contributed by atoms with van der Waals surface area (Å²) in [5.41, 5.74) is 5.89. The van der Waals surface area contributed by atoms with E-state index in [-0.39, 0.29) is 43.3 Å². The Morgan fingerprint density at radius 2 is 1.88 bits per heavy atom. The first kappa shape index (κ1) is 33.1. The SMILES string of the molecule is CCOC(=O)[C@H]1C[C@H]1/C=C\COCCC[C@H](NC(=O)OC(C)(C)C)C(=O)N1C[C@H](OCc2ccccc2)C[C@H]1C(N)=O. The molecular formula is C31H45N3O8. The van der Waals surface area contributed by atoms with Crippen molar-refractivity contribution in [2.75, 3.05) is 26.4 Å². The Morgan fingerprint density at radius 1 is 1.14 bits per heavy atom. The lowest BCUT2D eigenvalue weighted by atomic mass is 10.1. The third kappa shape index (κ3) is 10.8. The molecule has 3 rings (SSSR count). The Balaban J connectivity index is 1.53. The highest BCUT2D eigenvalue weighted by molar-refractivity contribution is 5.91. The lowest BCUT2D eigenvalue weighted by Gasteiger charge is -2.28. The number of carbonyl (C=O) groups is 4. The van der Waals surface area contributed by atoms with Crippen molar-refractivity contribution in [1.29, 1.82) is 0 Å². The fourth-order valence-electron chi connectivity index (χ4n) is 4.85. The van der Waals surface area contributed by atoms with Gasteiger partial charge >= 0.3 is 12.1 Å². The Morgan fingerprint density at radius 3 is 2.55 bits per heavy atom. The number of nitrogens with one attached hydrogen (secondary N) is 1. The fraction of sp³-hybridized carbons (Fsp3) is 0.613. The number of hydrogen-bond acceptors (Lipinski definition) is 8. The molecule has 2 fully saturated rings. The molecule has 1 heterocycles. The van der Waals surface area contributed by atoms with E-state index in [9.17, 15) is 19.2 Å². The van der Waals surface area contributed by atoms with Crippen LogP contribution in [0.4, 0.5) is 4.79 Å². The van der Waals surface area contributed by atoms with Gasteiger partial charge in [0.15, 0.2) is 0 Å². The molecule has 5 atom stereocenters. The molecule has 1 aliphatic heterocycles. The van der Waals surface area contributed by atoms with E-state index in [0.29, 0.717) is 32.8 Å². The number of amides is 3. The first-order valence-electron chi connectivity index (χ1n) is 14.6. The van der Waals surface area contributed by atoms with E-state index < -0.39 is 35.6 Å². The second kappa shape index (κ2) is 15.7. The number of hydrogen-bond donors (Lipinski definition) is 2. The molecule has 3 amide bonds. The third-order valence-electron chi connectivity index (χ3n) is 7.00. The molecule has 0 aromatic heterocycles. The van der Waals surface area contributed by atoms with Gasteiger partial charge in [0.05, 0.1) is 31.8 Å². The summed E-state index contributed by atoms with van der Waals surface area (Å²) in [6.07, 6.45) is 4.55. The van der Waals surface area contributed by atoms with E-state index >= 15 is 0 Å². The Labute approximate surface area is 248 Å². The van der Waals surface area contributed by atoms with Crippen LogP contribution in [0, 0.1) is 11.8 Å². The number of rotatable bonds is 15. The summed E-state index contributed by atoms with van der Waals surface area (Å²) in [5.74, 6) is -1.08. The van der Waals surface area contributed by atoms with E-state index in [1.165, 1.54) is 4.90 Å². The van der Waals surface area contributed by atoms with Gasteiger partial charge in [-0.3, -0.25) is 14.4 Å². The number of nitrogens with zero attached hydrogens (tertiary/aromatic N) is 1. The van der Waals surface area contributed by atoms with Crippen molar-refractivity contribution < 1.29 is 38.1 Å². The van der Waals surface area contributed by atoms with Gasteiger partial charge in [0.1, 0.15) is 17.7 Å². The van der Waals surface area contributed by atoms with Crippen LogP contribution in [0.1, 0.15) is 58.9 Å². The largest absolute Gasteiger partial charge is 0.466 e. The molecule has 0 bridgehead atoms. The zero-order chi connectivity index (χ0) is 30.7. The highest BCUT2D eigenvalue weighted by Gasteiger charge is 2.43. The molecule has 0 spiro atoms. The van der Waals surface area contributed by atoms with Crippen molar-refractivity contribution in [2.24, 2.45) is 17.6 Å². The minimum Gasteiger partial charge on any atom is -0.466 e. The van der Waals surface area contributed by atoms with E-state index in [4.69, 9.17) is 24.7 Å². The summed E-state index contributed by atoms with van der Waals surface area (Å²) in [7, 11) is 0. The van der Waals surface area contributed by atoms with Gasteiger partial charge in [-0.25, -0.2) is 4.79 Å². The van der Waals surface area contributed by atoms with Gasteiger partial charge in [-0.2, -0.15) is 0 Å². The summed E-state index contributed by atoms with van der Waals surface area (Å²) < 4.78 is 22.1. The van der Waals surface area contributed by atoms with Crippen LogP contribution in [0.2, 0.25) is 0 Å². The molecule has 11 nitrogen and oxygen atoms in total. The van der Waals surface area contributed by atoms with Gasteiger partial charge < -0.3 is 34.9 Å². The number of benzene rings is 1. The zero-order valence-electron chi connectivity index (χ0n) is 25.1. The van der Waals surface area contributed by atoms with Crippen molar-refractivity contribution >= 4 is 23.9 Å². The van der Waals surface area contributed by atoms with Gasteiger partial charge in [-0.05, 0) is 58.4 Å². The molecule has 2 aliphatic rings. The molecule has 11 heteroatoms. The average molecular weight is 588 g/mol. The molecule has 232 valence electrons. The maximum atomic E-state index is 13.7. The summed E-state index contributed by atoms with van der Waals surface area (Å²) >= 11 is 0. The molecule has 1 aliphatic carbocycles. The summed E-state index contributed by atoms with van der Waals surface area (Å²) in [6, 6.07) is 7.84. The van der Waals surface area contributed by atoms with E-state index in [1.807, 2.05) is 42.5 Å². The summed E-state index contributed by atoms with van der Waals surface area (Å²) in [4.78, 5) is 51.7. The van der Waals surface area contributed by atoms with Crippen LogP contribution in [-0.4, -0.2) is 78.9 Å². The van der Waals surface area contributed by atoms with Crippen LogP contribution in [0.3, 0.4) is 0 Å². The number of carbonyl (C=O) groups excluding carboxylic acids is 4. The maximum Gasteiger partial charge on any atom is 0.408 e. The number of likely N-dealkylation sites (tertiary alicyclic amines) is 1. The highest BCUT2D eigenvalue weighted by Crippen LogP contribution is 2.40. The summed E-state index contributed by atoms with van der Waals surface area (Å²) in [6.45, 7) is 8.61. The lowest BCUT2D eigenvalue weighted by Crippen LogP contribution is -2.53. The van der Waals surface area contributed by atoms with Crippen LogP contribution in [0.25, 0.3) is 0 Å². The molecule has 1 aromatic rings. The first-order chi connectivity index (χ1) is 20.0. The van der Waals surface area contributed by atoms with E-state index in [2.05, 4.69) is 5.32 Å². The monoisotopic (exact) mass is 587 g/mol. The zero-order valence-corrected chi connectivity index (χ0v) is 25.1. The first-order valence-corrected chi connectivity index (χ1v) is 14.6. The molecule has 1 saturated heterocycles. The van der Waals surface area contributed by atoms with Crippen LogP contribution in [-0.2, 0) is 39.9 Å². The minimum absolute atomic E-state index is 0.0648. The normalized spacial score (nSPS) is 22.5. The third-order valence-corrected chi connectivity index (χ3v) is 7.00. The standard InChI is InChI=1S/C31H45N3O8/c1-5-40-29(37)24-17-22(24)13-9-15-39-16-10-14-25(33-30(38)42-31(2,3)4)28(36)34-19-23(18-26(34)27(32)35)41-20-21-11-7-6-8-12-21/h6-9,11-13,22-26H,5,10,14-20H2,1-4H3,(H2,32,35)(H,33,38)/b13-9-/t22-,23-,24+,25+,26+/m1/s1. The number of alkyl carbamates (subject to hydrolysis) is 1. The number of esters is 1. The second-order valence-electron chi connectivity index (χ2n) is 11.7. The topological polar surface area (TPSA) is 146 Å². The fourth-order valence-corrected chi connectivity index (χ4v) is 4.85. The van der Waals surface area contributed by atoms with Crippen molar-refractivity contribution in [2.45, 2.75) is 83.8 Å². The number of allylic oxidation sites excluding steroid dienone is 1. The van der Waals surface area contributed by atoms with Gasteiger partial charge in [0.25, 0.3) is 0 Å². The predicted molar refractivity (Wildman–Crippen MR) is 155 cm³/mol. The number of ether oxygens (including phenoxy) is 4. The van der Waals surface area contributed by atoms with Gasteiger partial charge in [0.2, 0.25) is 11.8 Å². The lowest BCUT2D eigenvalue weighted by molar-refractivity contribution is -0.144. The van der Waals surface area contributed by atoms with Crippen LogP contribution < -0.4 is 11.1 Å². The van der Waals surface area contributed by atoms with Gasteiger partial charge in [-0.1, -0.05) is 42.5 Å². The highest BCUT2D eigenvalue weighted by atomic mass is 16.6. The smallest absolute Gasteiger partial charge is 0.408 e. The van der Waals surface area contributed by atoms with Crippen molar-refractivity contribution in [3.63, 3.8) is 0 Å². The number of primary amides is 1. The van der Waals surface area contributed by atoms with E-state index in [0.717, 1.165) is 12.0 Å². The maximum absolute atomic E-state index is 13.7. The van der Waals surface area contributed by atoms with Crippen LogP contribution in [0.15, 0.2) is 42.5 Å².